The van der Waals surface area contributed by atoms with E-state index < -0.39 is 22.2 Å². The second-order valence-corrected chi connectivity index (χ2v) is 12.2. The fourth-order valence-corrected chi connectivity index (χ4v) is 6.20. The van der Waals surface area contributed by atoms with Crippen molar-refractivity contribution in [2.24, 2.45) is 7.05 Å². The lowest BCUT2D eigenvalue weighted by molar-refractivity contribution is -0.192. The molecule has 1 aliphatic rings. The van der Waals surface area contributed by atoms with Gasteiger partial charge in [0.15, 0.2) is 11.3 Å². The number of aryl methyl sites for hydroxylation is 1. The van der Waals surface area contributed by atoms with E-state index in [1.807, 2.05) is 32.0 Å². The lowest BCUT2D eigenvalue weighted by Crippen LogP contribution is -2.46. The van der Waals surface area contributed by atoms with Crippen LogP contribution in [0.2, 0.25) is 0 Å². The number of aromatic nitrogens is 5. The average Bonchev–Trinajstić information content (AvgIpc) is 3.40. The Morgan fingerprint density at radius 3 is 2.37 bits per heavy atom. The zero-order valence-corrected chi connectivity index (χ0v) is 26.2. The minimum absolute atomic E-state index is 0.135. The summed E-state index contributed by atoms with van der Waals surface area (Å²) in [6.07, 6.45) is -1.20. The topological polar surface area (TPSA) is 162 Å². The van der Waals surface area contributed by atoms with Crippen LogP contribution < -0.4 is 15.6 Å². The molecule has 0 unspecified atom stereocenters. The molecule has 1 aromatic carbocycles. The molecule has 0 spiro atoms. The molecule has 2 N–H and O–H groups in total. The molecule has 0 amide bonds. The fourth-order valence-electron chi connectivity index (χ4n) is 4.73. The predicted molar refractivity (Wildman–Crippen MR) is 162 cm³/mol. The number of halogens is 3. The maximum atomic E-state index is 13.6. The van der Waals surface area contributed by atoms with Crippen molar-refractivity contribution in [2.75, 3.05) is 32.8 Å². The lowest BCUT2D eigenvalue weighted by Gasteiger charge is -2.27. The smallest absolute Gasteiger partial charge is 0.490 e. The number of alkyl halides is 3. The van der Waals surface area contributed by atoms with Gasteiger partial charge in [0, 0.05) is 39.4 Å². The molecule has 4 aromatic rings. The van der Waals surface area contributed by atoms with Crippen molar-refractivity contribution >= 4 is 27.0 Å². The number of benzene rings is 1. The molecule has 0 bridgehead atoms. The van der Waals surface area contributed by atoms with Crippen LogP contribution in [0.15, 0.2) is 52.3 Å². The summed E-state index contributed by atoms with van der Waals surface area (Å²) in [4.78, 5) is 32.0. The molecular formula is C29H34F3N7O6S. The zero-order chi connectivity index (χ0) is 33.6. The monoisotopic (exact) mass is 665 g/mol. The second-order valence-electron chi connectivity index (χ2n) is 10.3. The minimum Gasteiger partial charge on any atom is -0.493 e. The van der Waals surface area contributed by atoms with E-state index in [1.54, 1.807) is 36.1 Å². The van der Waals surface area contributed by atoms with Crippen molar-refractivity contribution in [2.45, 2.75) is 44.2 Å². The van der Waals surface area contributed by atoms with Crippen LogP contribution in [0.25, 0.3) is 28.2 Å². The SMILES string of the molecule is CCCOc1ccc(S(=O)(=O)N2CCNCC2)cc1-c1nc2c(CCC)n(-c3ccccn3)nc2c(=O)n1C.O=C(O)C(F)(F)F. The van der Waals surface area contributed by atoms with E-state index in [0.717, 1.165) is 18.5 Å². The Morgan fingerprint density at radius 1 is 1.09 bits per heavy atom. The van der Waals surface area contributed by atoms with E-state index in [1.165, 1.54) is 8.87 Å². The summed E-state index contributed by atoms with van der Waals surface area (Å²) in [5.41, 5.74) is 1.58. The van der Waals surface area contributed by atoms with Crippen LogP contribution in [0.4, 0.5) is 13.2 Å². The Labute approximate surface area is 262 Å². The van der Waals surface area contributed by atoms with E-state index in [0.29, 0.717) is 67.7 Å². The number of carboxylic acid groups (broad SMARTS) is 1. The quantitative estimate of drug-likeness (QED) is 0.272. The van der Waals surface area contributed by atoms with Gasteiger partial charge in [-0.05, 0) is 43.2 Å². The molecule has 1 fully saturated rings. The van der Waals surface area contributed by atoms with E-state index in [2.05, 4.69) is 15.4 Å². The molecule has 46 heavy (non-hydrogen) atoms. The first-order chi connectivity index (χ1) is 21.8. The molecule has 0 atom stereocenters. The van der Waals surface area contributed by atoms with Crippen molar-refractivity contribution in [1.82, 2.24) is 33.9 Å². The number of ether oxygens (including phenoxy) is 1. The van der Waals surface area contributed by atoms with Gasteiger partial charge < -0.3 is 15.2 Å². The number of fused-ring (bicyclic) bond motifs is 1. The molecule has 3 aromatic heterocycles. The Kier molecular flexibility index (Phi) is 10.8. The molecule has 4 heterocycles. The van der Waals surface area contributed by atoms with Gasteiger partial charge in [-0.3, -0.25) is 9.36 Å². The third-order valence-corrected chi connectivity index (χ3v) is 8.85. The molecule has 0 aliphatic carbocycles. The highest BCUT2D eigenvalue weighted by Crippen LogP contribution is 2.33. The van der Waals surface area contributed by atoms with Crippen molar-refractivity contribution in [3.8, 4) is 23.0 Å². The van der Waals surface area contributed by atoms with Crippen LogP contribution in [0, 0.1) is 0 Å². The number of carboxylic acids is 1. The number of carbonyl (C=O) groups is 1. The highest BCUT2D eigenvalue weighted by atomic mass is 32.2. The van der Waals surface area contributed by atoms with Gasteiger partial charge in [-0.15, -0.1) is 0 Å². The molecule has 13 nitrogen and oxygen atoms in total. The van der Waals surface area contributed by atoms with E-state index in [9.17, 15) is 26.4 Å². The summed E-state index contributed by atoms with van der Waals surface area (Å²) in [6, 6.07) is 10.3. The zero-order valence-electron chi connectivity index (χ0n) is 25.4. The van der Waals surface area contributed by atoms with E-state index >= 15 is 0 Å². The van der Waals surface area contributed by atoms with Crippen molar-refractivity contribution in [1.29, 1.82) is 0 Å². The number of hydrogen-bond donors (Lipinski definition) is 2. The Morgan fingerprint density at radius 2 is 1.78 bits per heavy atom. The molecule has 1 aliphatic heterocycles. The summed E-state index contributed by atoms with van der Waals surface area (Å²) in [5, 5.41) is 14.9. The van der Waals surface area contributed by atoms with Gasteiger partial charge in [0.2, 0.25) is 10.0 Å². The fraction of sp³-hybridized carbons (Fsp3) is 0.414. The van der Waals surface area contributed by atoms with E-state index in [4.69, 9.17) is 19.6 Å². The highest BCUT2D eigenvalue weighted by Gasteiger charge is 2.38. The number of piperazine rings is 1. The Balaban J connectivity index is 0.000000617. The minimum atomic E-state index is -5.08. The van der Waals surface area contributed by atoms with Gasteiger partial charge in [0.1, 0.15) is 17.1 Å². The third-order valence-electron chi connectivity index (χ3n) is 6.96. The summed E-state index contributed by atoms with van der Waals surface area (Å²) in [5.74, 6) is -1.38. The van der Waals surface area contributed by atoms with Crippen molar-refractivity contribution in [3.63, 3.8) is 0 Å². The second kappa shape index (κ2) is 14.4. The van der Waals surface area contributed by atoms with Crippen molar-refractivity contribution < 1.29 is 36.2 Å². The van der Waals surface area contributed by atoms with Gasteiger partial charge in [0.25, 0.3) is 5.56 Å². The molecular weight excluding hydrogens is 631 g/mol. The number of pyridine rings is 1. The van der Waals surface area contributed by atoms with Crippen LogP contribution in [0.3, 0.4) is 0 Å². The van der Waals surface area contributed by atoms with Gasteiger partial charge in [-0.25, -0.2) is 27.9 Å². The van der Waals surface area contributed by atoms with Crippen LogP contribution in [-0.2, 0) is 28.3 Å². The first-order valence-electron chi connectivity index (χ1n) is 14.5. The van der Waals surface area contributed by atoms with Gasteiger partial charge >= 0.3 is 12.1 Å². The molecule has 0 saturated carbocycles. The summed E-state index contributed by atoms with van der Waals surface area (Å²) < 4.78 is 69.3. The van der Waals surface area contributed by atoms with Gasteiger partial charge in [-0.1, -0.05) is 26.3 Å². The third kappa shape index (κ3) is 7.37. The standard InChI is InChI=1S/C27H33N7O4S.C2HF3O2/c1-4-8-21-24-25(31-34(21)23-9-6-7-12-29-23)27(35)32(3)26(30-24)20-18-19(10-11-22(20)38-17-5-2)39(36,37)33-15-13-28-14-16-33;3-2(4,5)1(6)7/h6-7,9-12,18,28H,4-5,8,13-17H2,1-3H3;(H,6,7). The first kappa shape index (κ1) is 34.5. The number of rotatable bonds is 9. The maximum Gasteiger partial charge on any atom is 0.490 e. The number of hydrogen-bond acceptors (Lipinski definition) is 9. The normalized spacial score (nSPS) is 14.1. The van der Waals surface area contributed by atoms with Crippen LogP contribution in [0.5, 0.6) is 5.75 Å². The predicted octanol–water partition coefficient (Wildman–Crippen LogP) is 3.15. The molecule has 1 saturated heterocycles. The summed E-state index contributed by atoms with van der Waals surface area (Å²) in [6.45, 7) is 6.44. The number of nitrogens with zero attached hydrogens (tertiary/aromatic N) is 6. The number of nitrogens with one attached hydrogen (secondary N) is 1. The average molecular weight is 666 g/mol. The number of sulfonamides is 1. The Bertz CT molecular complexity index is 1860. The van der Waals surface area contributed by atoms with Crippen LogP contribution in [0.1, 0.15) is 32.4 Å². The van der Waals surface area contributed by atoms with Crippen LogP contribution in [-0.4, -0.2) is 87.1 Å². The highest BCUT2D eigenvalue weighted by molar-refractivity contribution is 7.89. The van der Waals surface area contributed by atoms with E-state index in [-0.39, 0.29) is 16.0 Å². The van der Waals surface area contributed by atoms with Gasteiger partial charge in [0.05, 0.1) is 22.8 Å². The first-order valence-corrected chi connectivity index (χ1v) is 15.9. The molecule has 248 valence electrons. The maximum absolute atomic E-state index is 13.6. The van der Waals surface area contributed by atoms with Crippen molar-refractivity contribution in [3.05, 3.63) is 58.6 Å². The number of aliphatic carboxylic acids is 1. The molecule has 0 radical (unpaired) electrons. The largest absolute Gasteiger partial charge is 0.493 e. The van der Waals surface area contributed by atoms with Crippen LogP contribution >= 0.6 is 0 Å². The lowest BCUT2D eigenvalue weighted by atomic mass is 10.1. The molecule has 17 heteroatoms. The summed E-state index contributed by atoms with van der Waals surface area (Å²) in [7, 11) is -2.13. The Hall–Kier alpha value is -4.35. The van der Waals surface area contributed by atoms with Gasteiger partial charge in [-0.2, -0.15) is 22.6 Å². The molecule has 5 rings (SSSR count). The summed E-state index contributed by atoms with van der Waals surface area (Å²) >= 11 is 0.